The number of nitrogens with one attached hydrogen (secondary N) is 2. The van der Waals surface area contributed by atoms with Gasteiger partial charge in [0.15, 0.2) is 0 Å². The maximum absolute atomic E-state index is 12.3. The largest absolute Gasteiger partial charge is 0.497 e. The lowest BCUT2D eigenvalue weighted by Gasteiger charge is -2.11. The molecule has 2 N–H and O–H groups in total. The van der Waals surface area contributed by atoms with Crippen molar-refractivity contribution in [3.8, 4) is 5.75 Å². The molecule has 3 rings (SSSR count). The highest BCUT2D eigenvalue weighted by Gasteiger charge is 2.09. The Hall–Kier alpha value is -2.76. The van der Waals surface area contributed by atoms with Crippen molar-refractivity contribution in [1.82, 2.24) is 4.98 Å². The molecule has 1 amide bonds. The van der Waals surface area contributed by atoms with E-state index in [2.05, 4.69) is 15.6 Å². The van der Waals surface area contributed by atoms with E-state index in [-0.39, 0.29) is 5.91 Å². The van der Waals surface area contributed by atoms with Gasteiger partial charge in [0.1, 0.15) is 11.6 Å². The van der Waals surface area contributed by atoms with Gasteiger partial charge in [-0.1, -0.05) is 35.3 Å². The maximum Gasteiger partial charge on any atom is 0.256 e. The minimum Gasteiger partial charge on any atom is -0.497 e. The third-order valence-corrected chi connectivity index (χ3v) is 4.20. The molecule has 0 spiro atoms. The van der Waals surface area contributed by atoms with Crippen molar-refractivity contribution in [2.24, 2.45) is 0 Å². The number of methoxy groups -OCH3 is 1. The van der Waals surface area contributed by atoms with Crippen molar-refractivity contribution < 1.29 is 9.53 Å². The Labute approximate surface area is 160 Å². The van der Waals surface area contributed by atoms with Gasteiger partial charge in [0.05, 0.1) is 34.7 Å². The van der Waals surface area contributed by atoms with Gasteiger partial charge in [0.2, 0.25) is 0 Å². The van der Waals surface area contributed by atoms with Gasteiger partial charge in [-0.3, -0.25) is 4.79 Å². The second-order valence-corrected chi connectivity index (χ2v) is 6.15. The first-order chi connectivity index (χ1) is 12.6. The maximum atomic E-state index is 12.3. The topological polar surface area (TPSA) is 63.2 Å². The smallest absolute Gasteiger partial charge is 0.256 e. The number of ether oxygens (including phenoxy) is 1. The molecule has 0 saturated carbocycles. The molecular weight excluding hydrogens is 373 g/mol. The fourth-order valence-corrected chi connectivity index (χ4v) is 2.75. The number of amides is 1. The van der Waals surface area contributed by atoms with Crippen LogP contribution in [-0.4, -0.2) is 18.0 Å². The zero-order valence-corrected chi connectivity index (χ0v) is 15.3. The molecule has 0 aliphatic carbocycles. The summed E-state index contributed by atoms with van der Waals surface area (Å²) in [4.78, 5) is 16.5. The minimum absolute atomic E-state index is 0.272. The Morgan fingerprint density at radius 1 is 1.04 bits per heavy atom. The second kappa shape index (κ2) is 8.08. The molecule has 0 bridgehead atoms. The van der Waals surface area contributed by atoms with E-state index in [9.17, 15) is 4.79 Å². The van der Waals surface area contributed by atoms with Crippen molar-refractivity contribution >= 4 is 46.3 Å². The number of carbonyl (C=O) groups excluding carboxylic acids is 1. The lowest BCUT2D eigenvalue weighted by Crippen LogP contribution is -2.13. The molecule has 0 aliphatic rings. The van der Waals surface area contributed by atoms with Gasteiger partial charge in [-0.25, -0.2) is 4.98 Å². The van der Waals surface area contributed by atoms with E-state index in [1.165, 1.54) is 0 Å². The molecule has 5 nitrogen and oxygen atoms in total. The van der Waals surface area contributed by atoms with E-state index < -0.39 is 0 Å². The van der Waals surface area contributed by atoms with E-state index in [0.29, 0.717) is 38.6 Å². The normalized spacial score (nSPS) is 10.3. The molecule has 7 heteroatoms. The quantitative estimate of drug-likeness (QED) is 0.615. The van der Waals surface area contributed by atoms with Crippen LogP contribution < -0.4 is 15.4 Å². The fraction of sp³-hybridized carbons (Fsp3) is 0.0526. The fourth-order valence-electron chi connectivity index (χ4n) is 2.26. The standard InChI is InChI=1S/C19H15Cl2N3O2/c1-26-14-5-2-4-12(10-14)19(25)24-17-9-8-13(11-22-17)23-18-15(20)6-3-7-16(18)21/h2-11,23H,1H3,(H,22,24,25). The predicted molar refractivity (Wildman–Crippen MR) is 105 cm³/mol. The van der Waals surface area contributed by atoms with Crippen molar-refractivity contribution in [2.75, 3.05) is 17.7 Å². The summed E-state index contributed by atoms with van der Waals surface area (Å²) in [5, 5.41) is 6.86. The first kappa shape index (κ1) is 18.0. The van der Waals surface area contributed by atoms with Crippen molar-refractivity contribution in [1.29, 1.82) is 0 Å². The van der Waals surface area contributed by atoms with E-state index in [1.807, 2.05) is 0 Å². The van der Waals surface area contributed by atoms with Crippen LogP contribution in [0.3, 0.4) is 0 Å². The summed E-state index contributed by atoms with van der Waals surface area (Å²) in [5.41, 5.74) is 1.78. The lowest BCUT2D eigenvalue weighted by molar-refractivity contribution is 0.102. The first-order valence-electron chi connectivity index (χ1n) is 7.69. The number of nitrogens with zero attached hydrogens (tertiary/aromatic N) is 1. The summed E-state index contributed by atoms with van der Waals surface area (Å²) in [6.07, 6.45) is 1.58. The van der Waals surface area contributed by atoms with Crippen LogP contribution in [0.4, 0.5) is 17.2 Å². The zero-order chi connectivity index (χ0) is 18.5. The second-order valence-electron chi connectivity index (χ2n) is 5.34. The summed E-state index contributed by atoms with van der Waals surface area (Å²) in [6.45, 7) is 0. The molecule has 2 aromatic carbocycles. The average molecular weight is 388 g/mol. The van der Waals surface area contributed by atoms with E-state index >= 15 is 0 Å². The van der Waals surface area contributed by atoms with Crippen molar-refractivity contribution in [3.05, 3.63) is 76.4 Å². The van der Waals surface area contributed by atoms with Gasteiger partial charge in [-0.05, 0) is 42.5 Å². The van der Waals surface area contributed by atoms with Crippen LogP contribution >= 0.6 is 23.2 Å². The minimum atomic E-state index is -0.272. The molecule has 0 radical (unpaired) electrons. The Morgan fingerprint density at radius 2 is 1.77 bits per heavy atom. The van der Waals surface area contributed by atoms with Crippen LogP contribution in [0.15, 0.2) is 60.8 Å². The van der Waals surface area contributed by atoms with E-state index in [1.54, 1.807) is 67.9 Å². The van der Waals surface area contributed by atoms with E-state index in [4.69, 9.17) is 27.9 Å². The highest BCUT2D eigenvalue weighted by atomic mass is 35.5. The number of aromatic nitrogens is 1. The number of pyridine rings is 1. The van der Waals surface area contributed by atoms with Crippen LogP contribution in [0.1, 0.15) is 10.4 Å². The number of anilines is 3. The summed E-state index contributed by atoms with van der Waals surface area (Å²) in [5.74, 6) is 0.765. The molecular formula is C19H15Cl2N3O2. The van der Waals surface area contributed by atoms with Gasteiger partial charge in [-0.15, -0.1) is 0 Å². The predicted octanol–water partition coefficient (Wildman–Crippen LogP) is 5.39. The summed E-state index contributed by atoms with van der Waals surface area (Å²) < 4.78 is 5.12. The van der Waals surface area contributed by atoms with E-state index in [0.717, 1.165) is 0 Å². The molecule has 132 valence electrons. The molecule has 0 saturated heterocycles. The van der Waals surface area contributed by atoms with Crippen LogP contribution in [-0.2, 0) is 0 Å². The number of carbonyl (C=O) groups is 1. The van der Waals surface area contributed by atoms with Crippen LogP contribution in [0.25, 0.3) is 0 Å². The highest BCUT2D eigenvalue weighted by Crippen LogP contribution is 2.32. The molecule has 0 aliphatic heterocycles. The summed E-state index contributed by atoms with van der Waals surface area (Å²) in [6, 6.07) is 15.6. The molecule has 26 heavy (non-hydrogen) atoms. The number of rotatable bonds is 5. The van der Waals surface area contributed by atoms with Crippen molar-refractivity contribution in [2.45, 2.75) is 0 Å². The number of hydrogen-bond donors (Lipinski definition) is 2. The third kappa shape index (κ3) is 4.25. The molecule has 3 aromatic rings. The SMILES string of the molecule is COc1cccc(C(=O)Nc2ccc(Nc3c(Cl)cccc3Cl)cn2)c1. The number of hydrogen-bond acceptors (Lipinski definition) is 4. The first-order valence-corrected chi connectivity index (χ1v) is 8.45. The summed E-state index contributed by atoms with van der Waals surface area (Å²) >= 11 is 12.3. The van der Waals surface area contributed by atoms with Crippen molar-refractivity contribution in [3.63, 3.8) is 0 Å². The molecule has 0 atom stereocenters. The van der Waals surface area contributed by atoms with Gasteiger partial charge in [-0.2, -0.15) is 0 Å². The van der Waals surface area contributed by atoms with Crippen LogP contribution in [0, 0.1) is 0 Å². The molecule has 1 aromatic heterocycles. The lowest BCUT2D eigenvalue weighted by atomic mass is 10.2. The van der Waals surface area contributed by atoms with Crippen LogP contribution in [0.2, 0.25) is 10.0 Å². The monoisotopic (exact) mass is 387 g/mol. The highest BCUT2D eigenvalue weighted by molar-refractivity contribution is 6.39. The Balaban J connectivity index is 1.70. The number of para-hydroxylation sites is 1. The Bertz CT molecular complexity index is 910. The van der Waals surface area contributed by atoms with Crippen LogP contribution in [0.5, 0.6) is 5.75 Å². The Kier molecular flexibility index (Phi) is 5.61. The molecule has 0 fully saturated rings. The molecule has 1 heterocycles. The Morgan fingerprint density at radius 3 is 2.42 bits per heavy atom. The third-order valence-electron chi connectivity index (χ3n) is 3.57. The van der Waals surface area contributed by atoms with Gasteiger partial charge in [0, 0.05) is 5.56 Å². The van der Waals surface area contributed by atoms with Gasteiger partial charge < -0.3 is 15.4 Å². The molecule has 0 unspecified atom stereocenters. The van der Waals surface area contributed by atoms with Gasteiger partial charge in [0.25, 0.3) is 5.91 Å². The average Bonchev–Trinajstić information content (AvgIpc) is 2.66. The zero-order valence-electron chi connectivity index (χ0n) is 13.8. The van der Waals surface area contributed by atoms with Gasteiger partial charge >= 0.3 is 0 Å². The summed E-state index contributed by atoms with van der Waals surface area (Å²) in [7, 11) is 1.55. The number of halogens is 2. The number of benzene rings is 2.